The van der Waals surface area contributed by atoms with Gasteiger partial charge in [-0.25, -0.2) is 13.2 Å². The number of rotatable bonds is 6. The lowest BCUT2D eigenvalue weighted by atomic mass is 10.1. The predicted molar refractivity (Wildman–Crippen MR) is 91.5 cm³/mol. The molecule has 0 saturated heterocycles. The van der Waals surface area contributed by atoms with Crippen LogP contribution in [0.5, 0.6) is 0 Å². The van der Waals surface area contributed by atoms with Crippen LogP contribution in [0.3, 0.4) is 0 Å². The van der Waals surface area contributed by atoms with Gasteiger partial charge in [0.05, 0.1) is 11.4 Å². The first-order valence-electron chi connectivity index (χ1n) is 8.24. The lowest BCUT2D eigenvalue weighted by molar-refractivity contribution is -0.153. The second-order valence-electron chi connectivity index (χ2n) is 6.12. The average molecular weight is 383 g/mol. The minimum atomic E-state index is -1.69. The van der Waals surface area contributed by atoms with Crippen molar-refractivity contribution in [2.75, 3.05) is 5.32 Å². The highest BCUT2D eigenvalue weighted by atomic mass is 19.2. The molecule has 1 atom stereocenters. The molecule has 0 radical (unpaired) electrons. The van der Waals surface area contributed by atoms with Crippen LogP contribution in [0.15, 0.2) is 12.1 Å². The van der Waals surface area contributed by atoms with E-state index < -0.39 is 41.1 Å². The highest BCUT2D eigenvalue weighted by molar-refractivity contribution is 5.95. The Hall–Kier alpha value is -2.84. The van der Waals surface area contributed by atoms with Gasteiger partial charge in [-0.05, 0) is 44.9 Å². The minimum Gasteiger partial charge on any atom is -0.453 e. The lowest BCUT2D eigenvalue weighted by Crippen LogP contribution is -2.30. The van der Waals surface area contributed by atoms with Gasteiger partial charge < -0.3 is 10.1 Å². The average Bonchev–Trinajstić information content (AvgIpc) is 2.85. The summed E-state index contributed by atoms with van der Waals surface area (Å²) < 4.78 is 46.4. The number of aryl methyl sites for hydroxylation is 2. The van der Waals surface area contributed by atoms with E-state index >= 15 is 0 Å². The molecule has 1 amide bonds. The van der Waals surface area contributed by atoms with Crippen molar-refractivity contribution in [3.63, 3.8) is 0 Å². The minimum absolute atomic E-state index is 0.0323. The number of anilines is 1. The fourth-order valence-electron chi connectivity index (χ4n) is 2.57. The molecule has 1 unspecified atom stereocenters. The molecule has 2 rings (SSSR count). The van der Waals surface area contributed by atoms with Gasteiger partial charge in [0.15, 0.2) is 23.6 Å². The Kier molecular flexibility index (Phi) is 6.24. The smallest absolute Gasteiger partial charge is 0.306 e. The van der Waals surface area contributed by atoms with E-state index in [2.05, 4.69) is 10.4 Å². The molecule has 0 fully saturated rings. The molecule has 0 aliphatic heterocycles. The SMILES string of the molecule is Cc1nn(C)c(C)c1CCC(=O)OC(C)C(=O)Nc1ccc(F)c(F)c1F. The summed E-state index contributed by atoms with van der Waals surface area (Å²) in [5.41, 5.74) is 2.13. The van der Waals surface area contributed by atoms with E-state index in [1.165, 1.54) is 6.92 Å². The van der Waals surface area contributed by atoms with Gasteiger partial charge in [0.2, 0.25) is 0 Å². The third kappa shape index (κ3) is 4.66. The summed E-state index contributed by atoms with van der Waals surface area (Å²) in [6.07, 6.45) is -0.804. The molecule has 2 aromatic rings. The number of ether oxygens (including phenoxy) is 1. The number of amides is 1. The fourth-order valence-corrected chi connectivity index (χ4v) is 2.57. The van der Waals surface area contributed by atoms with Crippen LogP contribution in [-0.4, -0.2) is 27.8 Å². The number of carbonyl (C=O) groups excluding carboxylic acids is 2. The highest BCUT2D eigenvalue weighted by Crippen LogP contribution is 2.20. The molecule has 146 valence electrons. The van der Waals surface area contributed by atoms with E-state index in [-0.39, 0.29) is 6.42 Å². The second-order valence-corrected chi connectivity index (χ2v) is 6.12. The second kappa shape index (κ2) is 8.24. The Balaban J connectivity index is 1.92. The lowest BCUT2D eigenvalue weighted by Gasteiger charge is -2.14. The Labute approximate surface area is 154 Å². The van der Waals surface area contributed by atoms with Crippen molar-refractivity contribution in [1.29, 1.82) is 0 Å². The van der Waals surface area contributed by atoms with Crippen LogP contribution in [0.2, 0.25) is 0 Å². The van der Waals surface area contributed by atoms with Gasteiger partial charge in [0.1, 0.15) is 0 Å². The van der Waals surface area contributed by atoms with Crippen molar-refractivity contribution < 1.29 is 27.5 Å². The molecule has 1 aromatic heterocycles. The van der Waals surface area contributed by atoms with Crippen molar-refractivity contribution in [3.05, 3.63) is 46.5 Å². The van der Waals surface area contributed by atoms with E-state index in [0.29, 0.717) is 12.5 Å². The predicted octanol–water partition coefficient (Wildman–Crippen LogP) is 2.96. The zero-order valence-electron chi connectivity index (χ0n) is 15.4. The zero-order valence-corrected chi connectivity index (χ0v) is 15.4. The number of halogens is 3. The Morgan fingerprint density at radius 1 is 1.22 bits per heavy atom. The van der Waals surface area contributed by atoms with E-state index in [0.717, 1.165) is 23.0 Å². The third-order valence-electron chi connectivity index (χ3n) is 4.21. The topological polar surface area (TPSA) is 73.2 Å². The van der Waals surface area contributed by atoms with Crippen molar-refractivity contribution in [1.82, 2.24) is 9.78 Å². The van der Waals surface area contributed by atoms with Gasteiger partial charge in [-0.15, -0.1) is 0 Å². The van der Waals surface area contributed by atoms with Crippen LogP contribution < -0.4 is 5.32 Å². The fraction of sp³-hybridized carbons (Fsp3) is 0.389. The van der Waals surface area contributed by atoms with E-state index in [4.69, 9.17) is 4.74 Å². The number of carbonyl (C=O) groups is 2. The monoisotopic (exact) mass is 383 g/mol. The first kappa shape index (κ1) is 20.5. The molecule has 9 heteroatoms. The number of hydrogen-bond acceptors (Lipinski definition) is 4. The number of aromatic nitrogens is 2. The Morgan fingerprint density at radius 2 is 1.89 bits per heavy atom. The molecule has 0 bridgehead atoms. The Bertz CT molecular complexity index is 880. The normalized spacial score (nSPS) is 12.0. The molecule has 1 N–H and O–H groups in total. The van der Waals surface area contributed by atoms with Gasteiger partial charge >= 0.3 is 5.97 Å². The van der Waals surface area contributed by atoms with Crippen molar-refractivity contribution in [2.24, 2.45) is 7.05 Å². The summed E-state index contributed by atoms with van der Waals surface area (Å²) in [6.45, 7) is 5.01. The summed E-state index contributed by atoms with van der Waals surface area (Å²) >= 11 is 0. The van der Waals surface area contributed by atoms with Gasteiger partial charge in [0, 0.05) is 19.2 Å². The van der Waals surface area contributed by atoms with Crippen LogP contribution in [0.25, 0.3) is 0 Å². The summed E-state index contributed by atoms with van der Waals surface area (Å²) in [5.74, 6) is -6.07. The molecule has 0 saturated carbocycles. The molecule has 27 heavy (non-hydrogen) atoms. The number of nitrogens with one attached hydrogen (secondary N) is 1. The van der Waals surface area contributed by atoms with Crippen LogP contribution in [0.4, 0.5) is 18.9 Å². The molecular weight excluding hydrogens is 363 g/mol. The number of hydrogen-bond donors (Lipinski definition) is 1. The molecule has 0 aliphatic rings. The summed E-state index contributed by atoms with van der Waals surface area (Å²) in [7, 11) is 1.80. The van der Waals surface area contributed by atoms with Crippen molar-refractivity contribution in [3.8, 4) is 0 Å². The van der Waals surface area contributed by atoms with E-state index in [1.807, 2.05) is 13.8 Å². The number of benzene rings is 1. The van der Waals surface area contributed by atoms with Gasteiger partial charge in [-0.2, -0.15) is 5.10 Å². The largest absolute Gasteiger partial charge is 0.453 e. The van der Waals surface area contributed by atoms with E-state index in [9.17, 15) is 22.8 Å². The molecule has 0 spiro atoms. The standard InChI is InChI=1S/C18H20F3N3O3/c1-9-12(10(2)24(4)23-9)5-8-15(25)27-11(3)18(26)22-14-7-6-13(19)16(20)17(14)21/h6-7,11H,5,8H2,1-4H3,(H,22,26). The molecule has 0 aliphatic carbocycles. The maximum atomic E-state index is 13.6. The highest BCUT2D eigenvalue weighted by Gasteiger charge is 2.21. The van der Waals surface area contributed by atoms with Crippen LogP contribution in [0.1, 0.15) is 30.3 Å². The van der Waals surface area contributed by atoms with Crippen molar-refractivity contribution >= 4 is 17.6 Å². The molecular formula is C18H20F3N3O3. The first-order chi connectivity index (χ1) is 12.6. The van der Waals surface area contributed by atoms with Gasteiger partial charge in [-0.3, -0.25) is 14.3 Å². The number of esters is 1. The molecule has 1 heterocycles. The zero-order chi connectivity index (χ0) is 20.3. The Morgan fingerprint density at radius 3 is 2.48 bits per heavy atom. The van der Waals surface area contributed by atoms with Crippen LogP contribution in [-0.2, 0) is 27.8 Å². The summed E-state index contributed by atoms with van der Waals surface area (Å²) in [6, 6.07) is 1.57. The first-order valence-corrected chi connectivity index (χ1v) is 8.24. The summed E-state index contributed by atoms with van der Waals surface area (Å²) in [4.78, 5) is 24.0. The molecule has 6 nitrogen and oxygen atoms in total. The van der Waals surface area contributed by atoms with Crippen LogP contribution >= 0.6 is 0 Å². The molecule has 1 aromatic carbocycles. The van der Waals surface area contributed by atoms with Gasteiger partial charge in [-0.1, -0.05) is 0 Å². The third-order valence-corrected chi connectivity index (χ3v) is 4.21. The van der Waals surface area contributed by atoms with Crippen molar-refractivity contribution in [2.45, 2.75) is 39.7 Å². The maximum absolute atomic E-state index is 13.6. The number of nitrogens with zero attached hydrogens (tertiary/aromatic N) is 2. The van der Waals surface area contributed by atoms with Crippen LogP contribution in [0, 0.1) is 31.3 Å². The maximum Gasteiger partial charge on any atom is 0.306 e. The van der Waals surface area contributed by atoms with E-state index in [1.54, 1.807) is 11.7 Å². The summed E-state index contributed by atoms with van der Waals surface area (Å²) in [5, 5.41) is 6.32. The van der Waals surface area contributed by atoms with Gasteiger partial charge in [0.25, 0.3) is 5.91 Å². The quantitative estimate of drug-likeness (QED) is 0.615.